The van der Waals surface area contributed by atoms with E-state index in [2.05, 4.69) is 21.3 Å². The van der Waals surface area contributed by atoms with E-state index >= 15 is 0 Å². The maximum Gasteiger partial charge on any atom is 0.246 e. The van der Waals surface area contributed by atoms with Crippen LogP contribution in [0, 0.1) is 5.82 Å². The Morgan fingerprint density at radius 2 is 2.02 bits per heavy atom. The van der Waals surface area contributed by atoms with Crippen molar-refractivity contribution < 1.29 is 22.3 Å². The van der Waals surface area contributed by atoms with Crippen molar-refractivity contribution in [1.29, 1.82) is 0 Å². The summed E-state index contributed by atoms with van der Waals surface area (Å²) in [6.45, 7) is 4.69. The average Bonchev–Trinajstić information content (AvgIpc) is 3.37. The third-order valence-corrected chi connectivity index (χ3v) is 8.28. The molecule has 0 bridgehead atoms. The van der Waals surface area contributed by atoms with Crippen molar-refractivity contribution in [3.8, 4) is 17.0 Å². The zero-order valence-electron chi connectivity index (χ0n) is 21.7. The van der Waals surface area contributed by atoms with E-state index in [9.17, 15) is 17.6 Å². The Labute approximate surface area is 230 Å². The summed E-state index contributed by atoms with van der Waals surface area (Å²) in [6.07, 6.45) is 4.33. The summed E-state index contributed by atoms with van der Waals surface area (Å²) in [5, 5.41) is 5.45. The summed E-state index contributed by atoms with van der Waals surface area (Å²) < 4.78 is 48.7. The zero-order valence-corrected chi connectivity index (χ0v) is 22.6. The van der Waals surface area contributed by atoms with Crippen LogP contribution in [-0.4, -0.2) is 59.2 Å². The standard InChI is InChI=1S/C27H28FN7O4S/c1-3-23(36)34-12-4-5-20(15-34)35-27-24(26(29)30-16-31-27)25(33-35)18-8-6-17(7-9-18)14-32-40(37,38)22-13-19(28)10-11-21(22)39-2/h3,6-11,13,16,20,32H,1,4-5,12,14-15H2,2H3,(H2,29,30,31). The lowest BCUT2D eigenvalue weighted by Gasteiger charge is -2.32. The molecule has 13 heteroatoms. The number of likely N-dealkylation sites (tertiary alicyclic amines) is 1. The van der Waals surface area contributed by atoms with Gasteiger partial charge >= 0.3 is 0 Å². The molecule has 1 atom stereocenters. The Hall–Kier alpha value is -4.36. The molecule has 0 saturated carbocycles. The number of aromatic nitrogens is 4. The smallest absolute Gasteiger partial charge is 0.246 e. The summed E-state index contributed by atoms with van der Waals surface area (Å²) in [6, 6.07) is 10.3. The fourth-order valence-corrected chi connectivity index (χ4v) is 6.03. The van der Waals surface area contributed by atoms with Gasteiger partial charge in [0, 0.05) is 25.2 Å². The first-order valence-electron chi connectivity index (χ1n) is 12.5. The number of nitrogens with two attached hydrogens (primary N) is 1. The molecule has 2 aromatic heterocycles. The van der Waals surface area contributed by atoms with E-state index in [1.54, 1.807) is 33.8 Å². The second-order valence-corrected chi connectivity index (χ2v) is 11.1. The number of ether oxygens (including phenoxy) is 1. The largest absolute Gasteiger partial charge is 0.495 e. The molecular formula is C27H28FN7O4S. The molecule has 4 aromatic rings. The average molecular weight is 566 g/mol. The van der Waals surface area contributed by atoms with Gasteiger partial charge in [-0.05, 0) is 42.7 Å². The summed E-state index contributed by atoms with van der Waals surface area (Å²) in [5.41, 5.74) is 8.81. The van der Waals surface area contributed by atoms with Gasteiger partial charge in [-0.2, -0.15) is 5.10 Å². The number of piperidine rings is 1. The number of sulfonamides is 1. The van der Waals surface area contributed by atoms with Crippen molar-refractivity contribution in [2.75, 3.05) is 25.9 Å². The summed E-state index contributed by atoms with van der Waals surface area (Å²) >= 11 is 0. The lowest BCUT2D eigenvalue weighted by atomic mass is 10.1. The maximum atomic E-state index is 13.7. The first-order valence-corrected chi connectivity index (χ1v) is 14.0. The van der Waals surface area contributed by atoms with Gasteiger partial charge in [0.05, 0.1) is 18.5 Å². The highest BCUT2D eigenvalue weighted by Gasteiger charge is 2.28. The van der Waals surface area contributed by atoms with Gasteiger partial charge in [0.15, 0.2) is 5.65 Å². The highest BCUT2D eigenvalue weighted by Crippen LogP contribution is 2.34. The molecule has 0 aliphatic carbocycles. The predicted octanol–water partition coefficient (Wildman–Crippen LogP) is 3.05. The number of methoxy groups -OCH3 is 1. The van der Waals surface area contributed by atoms with Crippen LogP contribution < -0.4 is 15.2 Å². The minimum Gasteiger partial charge on any atom is -0.495 e. The van der Waals surface area contributed by atoms with Crippen molar-refractivity contribution in [3.63, 3.8) is 0 Å². The van der Waals surface area contributed by atoms with E-state index in [1.807, 2.05) is 0 Å². The lowest BCUT2D eigenvalue weighted by molar-refractivity contribution is -0.127. The van der Waals surface area contributed by atoms with Crippen molar-refractivity contribution in [1.82, 2.24) is 29.4 Å². The molecule has 208 valence electrons. The van der Waals surface area contributed by atoms with Gasteiger partial charge in [0.1, 0.15) is 34.3 Å². The van der Waals surface area contributed by atoms with E-state index in [1.165, 1.54) is 25.6 Å². The summed E-state index contributed by atoms with van der Waals surface area (Å²) in [7, 11) is -2.72. The van der Waals surface area contributed by atoms with Gasteiger partial charge in [-0.15, -0.1) is 0 Å². The van der Waals surface area contributed by atoms with Gasteiger partial charge < -0.3 is 15.4 Å². The number of anilines is 1. The third kappa shape index (κ3) is 5.25. The molecule has 1 aliphatic heterocycles. The number of hydrogen-bond acceptors (Lipinski definition) is 8. The number of nitrogens with zero attached hydrogens (tertiary/aromatic N) is 5. The van der Waals surface area contributed by atoms with Crippen LogP contribution in [0.1, 0.15) is 24.4 Å². The Morgan fingerprint density at radius 3 is 2.75 bits per heavy atom. The van der Waals surface area contributed by atoms with Crippen LogP contribution in [0.25, 0.3) is 22.3 Å². The van der Waals surface area contributed by atoms with Crippen molar-refractivity contribution in [2.45, 2.75) is 30.3 Å². The molecule has 5 rings (SSSR count). The topological polar surface area (TPSA) is 145 Å². The molecule has 1 saturated heterocycles. The molecule has 2 aromatic carbocycles. The first-order chi connectivity index (χ1) is 19.2. The quantitative estimate of drug-likeness (QED) is 0.310. The number of fused-ring (bicyclic) bond motifs is 1. The lowest BCUT2D eigenvalue weighted by Crippen LogP contribution is -2.40. The van der Waals surface area contributed by atoms with Crippen LogP contribution in [0.4, 0.5) is 10.2 Å². The summed E-state index contributed by atoms with van der Waals surface area (Å²) in [5.74, 6) is -0.491. The number of carbonyl (C=O) groups excluding carboxylic acids is 1. The van der Waals surface area contributed by atoms with Crippen LogP contribution in [0.5, 0.6) is 5.75 Å². The third-order valence-electron chi connectivity index (χ3n) is 6.86. The Kier molecular flexibility index (Phi) is 7.50. The van der Waals surface area contributed by atoms with E-state index in [-0.39, 0.29) is 35.0 Å². The minimum absolute atomic E-state index is 0.0298. The molecule has 11 nitrogen and oxygen atoms in total. The second-order valence-electron chi connectivity index (χ2n) is 9.35. The SMILES string of the molecule is C=CC(=O)N1CCCC(n2nc(-c3ccc(CNS(=O)(=O)c4cc(F)ccc4OC)cc3)c3c(N)ncnc32)C1. The van der Waals surface area contributed by atoms with Gasteiger partial charge in [-0.3, -0.25) is 4.79 Å². The molecule has 1 amide bonds. The van der Waals surface area contributed by atoms with E-state index < -0.39 is 15.8 Å². The van der Waals surface area contributed by atoms with Crippen LogP contribution in [0.3, 0.4) is 0 Å². The van der Waals surface area contributed by atoms with Crippen LogP contribution in [0.15, 0.2) is 66.3 Å². The van der Waals surface area contributed by atoms with Gasteiger partial charge in [-0.25, -0.2) is 32.2 Å². The molecule has 0 spiro atoms. The molecular weight excluding hydrogens is 537 g/mol. The van der Waals surface area contributed by atoms with Crippen molar-refractivity contribution in [2.24, 2.45) is 0 Å². The highest BCUT2D eigenvalue weighted by atomic mass is 32.2. The number of amides is 1. The molecule has 3 N–H and O–H groups in total. The number of rotatable bonds is 8. The molecule has 0 radical (unpaired) electrons. The molecule has 1 unspecified atom stereocenters. The van der Waals surface area contributed by atoms with E-state index in [0.29, 0.717) is 35.4 Å². The molecule has 1 aliphatic rings. The first kappa shape index (κ1) is 27.2. The number of nitrogens with one attached hydrogen (secondary N) is 1. The number of nitrogen functional groups attached to an aromatic ring is 1. The number of benzene rings is 2. The number of halogens is 1. The molecule has 40 heavy (non-hydrogen) atoms. The fourth-order valence-electron chi connectivity index (χ4n) is 4.83. The van der Waals surface area contributed by atoms with E-state index in [0.717, 1.165) is 30.5 Å². The van der Waals surface area contributed by atoms with Crippen molar-refractivity contribution in [3.05, 3.63) is 72.8 Å². The number of hydrogen-bond donors (Lipinski definition) is 2. The van der Waals surface area contributed by atoms with Crippen LogP contribution >= 0.6 is 0 Å². The van der Waals surface area contributed by atoms with Gasteiger partial charge in [0.2, 0.25) is 15.9 Å². The normalized spacial score (nSPS) is 15.8. The number of carbonyl (C=O) groups is 1. The fraction of sp³-hybridized carbons (Fsp3) is 0.259. The summed E-state index contributed by atoms with van der Waals surface area (Å²) in [4.78, 5) is 22.3. The van der Waals surface area contributed by atoms with Gasteiger partial charge in [0.25, 0.3) is 0 Å². The van der Waals surface area contributed by atoms with Gasteiger partial charge in [-0.1, -0.05) is 30.8 Å². The van der Waals surface area contributed by atoms with Crippen LogP contribution in [0.2, 0.25) is 0 Å². The highest BCUT2D eigenvalue weighted by molar-refractivity contribution is 7.89. The molecule has 3 heterocycles. The Balaban J connectivity index is 1.41. The molecule has 1 fully saturated rings. The Bertz CT molecular complexity index is 1690. The van der Waals surface area contributed by atoms with Crippen molar-refractivity contribution >= 4 is 32.8 Å². The minimum atomic E-state index is -4.04. The van der Waals surface area contributed by atoms with Crippen LogP contribution in [-0.2, 0) is 21.4 Å². The van der Waals surface area contributed by atoms with E-state index in [4.69, 9.17) is 15.6 Å². The second kappa shape index (κ2) is 11.0. The predicted molar refractivity (Wildman–Crippen MR) is 147 cm³/mol. The maximum absolute atomic E-state index is 13.7. The zero-order chi connectivity index (χ0) is 28.4. The monoisotopic (exact) mass is 565 g/mol. The Morgan fingerprint density at radius 1 is 1.25 bits per heavy atom.